The fourth-order valence-electron chi connectivity index (χ4n) is 3.02. The molecular weight excluding hydrogens is 318 g/mol. The van der Waals surface area contributed by atoms with Crippen LogP contribution in [0.3, 0.4) is 0 Å². The molecule has 1 atom stereocenters. The van der Waals surface area contributed by atoms with Gasteiger partial charge in [-0.05, 0) is 37.8 Å². The summed E-state index contributed by atoms with van der Waals surface area (Å²) in [5, 5.41) is 0. The molecule has 5 nitrogen and oxygen atoms in total. The zero-order chi connectivity index (χ0) is 17.7. The highest BCUT2D eigenvalue weighted by Gasteiger charge is 2.46. The number of benzene rings is 1. The number of amides is 2. The molecule has 1 aliphatic rings. The smallest absolute Gasteiger partial charge is 0.353 e. The molecule has 0 spiro atoms. The molecule has 0 saturated carbocycles. The van der Waals surface area contributed by atoms with E-state index in [-0.39, 0.29) is 37.8 Å². The van der Waals surface area contributed by atoms with Crippen LogP contribution in [0.15, 0.2) is 24.3 Å². The van der Waals surface area contributed by atoms with Gasteiger partial charge in [0.15, 0.2) is 0 Å². The molecule has 1 unspecified atom stereocenters. The molecule has 2 amide bonds. The number of nitrogens with zero attached hydrogens (tertiary/aromatic N) is 1. The predicted octanol–water partition coefficient (Wildman–Crippen LogP) is 2.29. The Bertz CT molecular complexity index is 607. The van der Waals surface area contributed by atoms with Gasteiger partial charge in [0, 0.05) is 19.5 Å². The first-order chi connectivity index (χ1) is 11.4. The maximum Gasteiger partial charge on any atom is 0.353 e. The molecule has 0 bridgehead atoms. The molecular formula is C17H22F2N2O3. The summed E-state index contributed by atoms with van der Waals surface area (Å²) in [6.45, 7) is 2.29. The fourth-order valence-corrected chi connectivity index (χ4v) is 3.02. The van der Waals surface area contributed by atoms with Gasteiger partial charge >= 0.3 is 5.92 Å². The minimum atomic E-state index is -3.68. The molecule has 0 aliphatic carbocycles. The van der Waals surface area contributed by atoms with E-state index in [2.05, 4.69) is 0 Å². The summed E-state index contributed by atoms with van der Waals surface area (Å²) in [6, 6.07) is 5.66. The average molecular weight is 340 g/mol. The zero-order valence-corrected chi connectivity index (χ0v) is 13.6. The van der Waals surface area contributed by atoms with Crippen molar-refractivity contribution in [3.05, 3.63) is 29.8 Å². The zero-order valence-electron chi connectivity index (χ0n) is 13.6. The number of carbonyl (C=O) groups excluding carboxylic acids is 2. The number of hydrogen-bond donors (Lipinski definition) is 1. The second-order valence-corrected chi connectivity index (χ2v) is 5.93. The molecule has 1 saturated heterocycles. The van der Waals surface area contributed by atoms with Gasteiger partial charge in [-0.25, -0.2) is 0 Å². The number of piperidine rings is 1. The molecule has 1 heterocycles. The molecule has 0 aromatic heterocycles. The highest BCUT2D eigenvalue weighted by atomic mass is 19.3. The van der Waals surface area contributed by atoms with Crippen LogP contribution in [0.2, 0.25) is 0 Å². The molecule has 24 heavy (non-hydrogen) atoms. The molecule has 1 aliphatic heterocycles. The third kappa shape index (κ3) is 4.01. The molecule has 7 heteroatoms. The van der Waals surface area contributed by atoms with E-state index in [0.29, 0.717) is 12.8 Å². The summed E-state index contributed by atoms with van der Waals surface area (Å²) in [5.41, 5.74) is 4.73. The lowest BCUT2D eigenvalue weighted by Gasteiger charge is -2.34. The van der Waals surface area contributed by atoms with E-state index in [1.807, 2.05) is 0 Å². The van der Waals surface area contributed by atoms with Gasteiger partial charge in [0.25, 0.3) is 5.91 Å². The quantitative estimate of drug-likeness (QED) is 0.863. The Kier molecular flexibility index (Phi) is 5.75. The summed E-state index contributed by atoms with van der Waals surface area (Å²) in [7, 11) is 0. The predicted molar refractivity (Wildman–Crippen MR) is 84.6 cm³/mol. The molecule has 132 valence electrons. The Hall–Kier alpha value is -2.18. The van der Waals surface area contributed by atoms with E-state index in [1.165, 1.54) is 18.2 Å². The Morgan fingerprint density at radius 3 is 2.75 bits per heavy atom. The van der Waals surface area contributed by atoms with Gasteiger partial charge in [-0.2, -0.15) is 8.78 Å². The lowest BCUT2D eigenvalue weighted by atomic mass is 9.93. The molecule has 2 N–H and O–H groups in total. The van der Waals surface area contributed by atoms with E-state index in [0.717, 1.165) is 4.90 Å². The van der Waals surface area contributed by atoms with Crippen molar-refractivity contribution in [2.45, 2.75) is 32.1 Å². The monoisotopic (exact) mass is 340 g/mol. The standard InChI is InChI=1S/C17H22F2N2O3/c1-2-24-14-8-4-3-7-13(14)17(18,19)16(23)21-9-5-6-12(11-21)10-15(20)22/h3-4,7-8,12H,2,5-6,9-11H2,1H3,(H2,20,22). The Morgan fingerprint density at radius 1 is 1.38 bits per heavy atom. The minimum absolute atomic E-state index is 0.00375. The van der Waals surface area contributed by atoms with Crippen LogP contribution in [0.25, 0.3) is 0 Å². The van der Waals surface area contributed by atoms with Gasteiger partial charge < -0.3 is 15.4 Å². The Balaban J connectivity index is 2.19. The largest absolute Gasteiger partial charge is 0.493 e. The van der Waals surface area contributed by atoms with Gasteiger partial charge in [-0.15, -0.1) is 0 Å². The number of para-hydroxylation sites is 1. The van der Waals surface area contributed by atoms with Crippen molar-refractivity contribution in [1.82, 2.24) is 4.90 Å². The number of likely N-dealkylation sites (tertiary alicyclic amines) is 1. The Morgan fingerprint density at radius 2 is 2.08 bits per heavy atom. The number of primary amides is 1. The summed E-state index contributed by atoms with van der Waals surface area (Å²) >= 11 is 0. The average Bonchev–Trinajstić information content (AvgIpc) is 2.54. The van der Waals surface area contributed by atoms with E-state index >= 15 is 0 Å². The van der Waals surface area contributed by atoms with Crippen LogP contribution < -0.4 is 10.5 Å². The summed E-state index contributed by atoms with van der Waals surface area (Å²) in [6.07, 6.45) is 1.38. The molecule has 1 fully saturated rings. The normalized spacial score (nSPS) is 18.3. The van der Waals surface area contributed by atoms with Crippen molar-refractivity contribution < 1.29 is 23.1 Å². The maximum absolute atomic E-state index is 14.7. The maximum atomic E-state index is 14.7. The van der Waals surface area contributed by atoms with E-state index in [4.69, 9.17) is 10.5 Å². The van der Waals surface area contributed by atoms with Crippen molar-refractivity contribution in [2.24, 2.45) is 11.7 Å². The van der Waals surface area contributed by atoms with Crippen LogP contribution in [0.4, 0.5) is 8.78 Å². The first-order valence-corrected chi connectivity index (χ1v) is 8.04. The van der Waals surface area contributed by atoms with Crippen LogP contribution in [0.1, 0.15) is 31.7 Å². The number of nitrogens with two attached hydrogens (primary N) is 1. The highest BCUT2D eigenvalue weighted by Crippen LogP contribution is 2.37. The van der Waals surface area contributed by atoms with E-state index < -0.39 is 23.3 Å². The molecule has 2 rings (SSSR count). The molecule has 1 aromatic carbocycles. The lowest BCUT2D eigenvalue weighted by Crippen LogP contribution is -2.47. The second-order valence-electron chi connectivity index (χ2n) is 5.93. The molecule has 0 radical (unpaired) electrons. The first-order valence-electron chi connectivity index (χ1n) is 8.04. The SMILES string of the molecule is CCOc1ccccc1C(F)(F)C(=O)N1CCCC(CC(N)=O)C1. The summed E-state index contributed by atoms with van der Waals surface area (Å²) < 4.78 is 34.7. The van der Waals surface area contributed by atoms with Gasteiger partial charge in [0.2, 0.25) is 5.91 Å². The lowest BCUT2D eigenvalue weighted by molar-refractivity contribution is -0.161. The Labute approximate surface area is 139 Å². The van der Waals surface area contributed by atoms with Gasteiger partial charge in [0.05, 0.1) is 12.2 Å². The summed E-state index contributed by atoms with van der Waals surface area (Å²) in [5.74, 6) is -5.59. The minimum Gasteiger partial charge on any atom is -0.493 e. The number of hydrogen-bond acceptors (Lipinski definition) is 3. The van der Waals surface area contributed by atoms with Crippen molar-refractivity contribution in [3.63, 3.8) is 0 Å². The van der Waals surface area contributed by atoms with Gasteiger partial charge in [-0.3, -0.25) is 9.59 Å². The van der Waals surface area contributed by atoms with Crippen LogP contribution in [0.5, 0.6) is 5.75 Å². The third-order valence-electron chi connectivity index (χ3n) is 4.09. The fraction of sp³-hybridized carbons (Fsp3) is 0.529. The second kappa shape index (κ2) is 7.59. The van der Waals surface area contributed by atoms with Crippen LogP contribution in [-0.4, -0.2) is 36.4 Å². The number of alkyl halides is 2. The van der Waals surface area contributed by atoms with Crippen molar-refractivity contribution in [2.75, 3.05) is 19.7 Å². The highest BCUT2D eigenvalue weighted by molar-refractivity contribution is 5.86. The van der Waals surface area contributed by atoms with Gasteiger partial charge in [0.1, 0.15) is 5.75 Å². The first kappa shape index (κ1) is 18.2. The van der Waals surface area contributed by atoms with Crippen molar-refractivity contribution >= 4 is 11.8 Å². The van der Waals surface area contributed by atoms with E-state index in [9.17, 15) is 18.4 Å². The number of carbonyl (C=O) groups is 2. The number of halogens is 2. The number of rotatable bonds is 6. The van der Waals surface area contributed by atoms with Crippen LogP contribution in [-0.2, 0) is 15.5 Å². The van der Waals surface area contributed by atoms with Crippen LogP contribution in [0, 0.1) is 5.92 Å². The van der Waals surface area contributed by atoms with Crippen LogP contribution >= 0.6 is 0 Å². The van der Waals surface area contributed by atoms with E-state index in [1.54, 1.807) is 13.0 Å². The summed E-state index contributed by atoms with van der Waals surface area (Å²) in [4.78, 5) is 24.6. The van der Waals surface area contributed by atoms with Crippen molar-refractivity contribution in [3.8, 4) is 5.75 Å². The number of ether oxygens (including phenoxy) is 1. The third-order valence-corrected chi connectivity index (χ3v) is 4.09. The van der Waals surface area contributed by atoms with Crippen molar-refractivity contribution in [1.29, 1.82) is 0 Å². The molecule has 1 aromatic rings. The topological polar surface area (TPSA) is 72.6 Å². The van der Waals surface area contributed by atoms with Gasteiger partial charge in [-0.1, -0.05) is 12.1 Å².